The Bertz CT molecular complexity index is 941. The van der Waals surface area contributed by atoms with Crippen LogP contribution < -0.4 is 0 Å². The number of halogens is 1. The highest BCUT2D eigenvalue weighted by Crippen LogP contribution is 2.26. The van der Waals surface area contributed by atoms with Crippen LogP contribution in [0.25, 0.3) is 22.1 Å². The number of para-hydroxylation sites is 2. The second-order valence-electron chi connectivity index (χ2n) is 4.80. The topological polar surface area (TPSA) is 61.4 Å². The monoisotopic (exact) mass is 342 g/mol. The van der Waals surface area contributed by atoms with Crippen LogP contribution in [0.3, 0.4) is 0 Å². The summed E-state index contributed by atoms with van der Waals surface area (Å²) in [7, 11) is 0. The first-order chi connectivity index (χ1) is 10.3. The maximum atomic E-state index is 4.27. The van der Waals surface area contributed by atoms with E-state index in [2.05, 4.69) is 36.6 Å². The summed E-state index contributed by atoms with van der Waals surface area (Å²) in [6.45, 7) is 2.02. The fourth-order valence-electron chi connectivity index (χ4n) is 2.48. The van der Waals surface area contributed by atoms with Crippen molar-refractivity contribution in [3.05, 3.63) is 46.9 Å². The maximum absolute atomic E-state index is 4.27. The second-order valence-corrected chi connectivity index (χ2v) is 5.65. The van der Waals surface area contributed by atoms with Crippen molar-refractivity contribution in [1.82, 2.24) is 30.0 Å². The normalized spacial score (nSPS) is 13.0. The molecule has 21 heavy (non-hydrogen) atoms. The number of rotatable bonds is 2. The number of nitrogens with zero attached hydrogens (tertiary/aromatic N) is 6. The van der Waals surface area contributed by atoms with Crippen molar-refractivity contribution < 1.29 is 0 Å². The molecule has 0 spiro atoms. The van der Waals surface area contributed by atoms with Gasteiger partial charge in [0.1, 0.15) is 22.7 Å². The van der Waals surface area contributed by atoms with Gasteiger partial charge in [0, 0.05) is 4.47 Å². The smallest absolute Gasteiger partial charge is 0.145 e. The minimum atomic E-state index is -0.124. The average molecular weight is 343 g/mol. The maximum Gasteiger partial charge on any atom is 0.145 e. The summed E-state index contributed by atoms with van der Waals surface area (Å²) < 4.78 is 4.66. The molecular formula is C14H11BrN6. The molecule has 2 aromatic heterocycles. The van der Waals surface area contributed by atoms with E-state index in [1.165, 1.54) is 0 Å². The summed E-state index contributed by atoms with van der Waals surface area (Å²) in [5.41, 5.74) is 3.64. The van der Waals surface area contributed by atoms with Gasteiger partial charge in [0.25, 0.3) is 0 Å². The first-order valence-electron chi connectivity index (χ1n) is 6.55. The summed E-state index contributed by atoms with van der Waals surface area (Å²) in [5, 5.41) is 16.9. The SMILES string of the molecule is CC(n1nnc2ccccc21)n1nnc2cccc(Br)c21. The van der Waals surface area contributed by atoms with Crippen molar-refractivity contribution in [2.75, 3.05) is 0 Å². The van der Waals surface area contributed by atoms with Crippen molar-refractivity contribution in [2.24, 2.45) is 0 Å². The van der Waals surface area contributed by atoms with E-state index in [0.29, 0.717) is 0 Å². The highest BCUT2D eigenvalue weighted by molar-refractivity contribution is 9.10. The molecule has 4 aromatic rings. The van der Waals surface area contributed by atoms with Gasteiger partial charge >= 0.3 is 0 Å². The van der Waals surface area contributed by atoms with Gasteiger partial charge in [0.05, 0.1) is 5.52 Å². The van der Waals surface area contributed by atoms with Crippen LogP contribution >= 0.6 is 15.9 Å². The molecule has 0 bridgehead atoms. The number of aromatic nitrogens is 6. The Morgan fingerprint density at radius 2 is 1.62 bits per heavy atom. The first kappa shape index (κ1) is 12.5. The first-order valence-corrected chi connectivity index (χ1v) is 7.34. The molecule has 1 unspecified atom stereocenters. The van der Waals surface area contributed by atoms with Gasteiger partial charge in [-0.1, -0.05) is 28.6 Å². The Kier molecular flexibility index (Phi) is 2.75. The minimum absolute atomic E-state index is 0.124. The van der Waals surface area contributed by atoms with E-state index in [4.69, 9.17) is 0 Å². The van der Waals surface area contributed by atoms with E-state index >= 15 is 0 Å². The molecule has 4 rings (SSSR count). The van der Waals surface area contributed by atoms with E-state index in [9.17, 15) is 0 Å². The number of fused-ring (bicyclic) bond motifs is 2. The molecule has 0 amide bonds. The number of hydrogen-bond donors (Lipinski definition) is 0. The van der Waals surface area contributed by atoms with Crippen LogP contribution in [-0.4, -0.2) is 30.0 Å². The molecule has 0 radical (unpaired) electrons. The van der Waals surface area contributed by atoms with E-state index in [-0.39, 0.29) is 6.17 Å². The van der Waals surface area contributed by atoms with Crippen molar-refractivity contribution in [3.8, 4) is 0 Å². The molecule has 2 heterocycles. The molecule has 0 saturated heterocycles. The van der Waals surface area contributed by atoms with E-state index in [1.54, 1.807) is 0 Å². The molecular weight excluding hydrogens is 332 g/mol. The van der Waals surface area contributed by atoms with Crippen molar-refractivity contribution in [2.45, 2.75) is 13.1 Å². The Balaban J connectivity index is 1.92. The Hall–Kier alpha value is -2.28. The molecule has 2 aromatic carbocycles. The van der Waals surface area contributed by atoms with Gasteiger partial charge in [0.2, 0.25) is 0 Å². The molecule has 6 nitrogen and oxygen atoms in total. The van der Waals surface area contributed by atoms with Gasteiger partial charge in [-0.3, -0.25) is 0 Å². The summed E-state index contributed by atoms with van der Waals surface area (Å²) >= 11 is 3.56. The average Bonchev–Trinajstić information content (AvgIpc) is 3.11. The molecule has 7 heteroatoms. The standard InChI is InChI=1S/C14H11BrN6/c1-9(20-13-8-3-2-6-11(13)16-18-20)21-14-10(15)5-4-7-12(14)17-19-21/h2-9H,1H3. The zero-order valence-corrected chi connectivity index (χ0v) is 12.8. The van der Waals surface area contributed by atoms with Gasteiger partial charge < -0.3 is 0 Å². The van der Waals surface area contributed by atoms with Gasteiger partial charge in [-0.15, -0.1) is 10.2 Å². The van der Waals surface area contributed by atoms with Crippen molar-refractivity contribution in [1.29, 1.82) is 0 Å². The van der Waals surface area contributed by atoms with E-state index in [1.807, 2.05) is 58.8 Å². The lowest BCUT2D eigenvalue weighted by Crippen LogP contribution is -2.17. The van der Waals surface area contributed by atoms with Crippen LogP contribution in [0.15, 0.2) is 46.9 Å². The number of benzene rings is 2. The van der Waals surface area contributed by atoms with Crippen LogP contribution in [0, 0.1) is 0 Å². The van der Waals surface area contributed by atoms with E-state index in [0.717, 1.165) is 26.5 Å². The lowest BCUT2D eigenvalue weighted by Gasteiger charge is -2.13. The summed E-state index contributed by atoms with van der Waals surface area (Å²) in [6, 6.07) is 13.7. The molecule has 0 aliphatic carbocycles. The van der Waals surface area contributed by atoms with Crippen molar-refractivity contribution in [3.63, 3.8) is 0 Å². The highest BCUT2D eigenvalue weighted by atomic mass is 79.9. The zero-order valence-electron chi connectivity index (χ0n) is 11.2. The molecule has 0 aliphatic rings. The lowest BCUT2D eigenvalue weighted by molar-refractivity contribution is 0.394. The van der Waals surface area contributed by atoms with Gasteiger partial charge in [0.15, 0.2) is 0 Å². The van der Waals surface area contributed by atoms with Crippen LogP contribution in [0.2, 0.25) is 0 Å². The molecule has 0 N–H and O–H groups in total. The molecule has 0 saturated carbocycles. The second kappa shape index (κ2) is 4.63. The quantitative estimate of drug-likeness (QED) is 0.561. The Morgan fingerprint density at radius 1 is 0.905 bits per heavy atom. The van der Waals surface area contributed by atoms with Crippen molar-refractivity contribution >= 4 is 38.0 Å². The number of hydrogen-bond acceptors (Lipinski definition) is 4. The van der Waals surface area contributed by atoms with Crippen LogP contribution in [0.5, 0.6) is 0 Å². The molecule has 0 aliphatic heterocycles. The van der Waals surface area contributed by atoms with Crippen LogP contribution in [-0.2, 0) is 0 Å². The Morgan fingerprint density at radius 3 is 2.52 bits per heavy atom. The van der Waals surface area contributed by atoms with Gasteiger partial charge in [-0.25, -0.2) is 9.36 Å². The third kappa shape index (κ3) is 1.84. The molecule has 1 atom stereocenters. The van der Waals surface area contributed by atoms with Gasteiger partial charge in [-0.2, -0.15) is 0 Å². The lowest BCUT2D eigenvalue weighted by atomic mass is 10.3. The molecule has 104 valence electrons. The summed E-state index contributed by atoms with van der Waals surface area (Å²) in [5.74, 6) is 0. The predicted molar refractivity (Wildman–Crippen MR) is 82.9 cm³/mol. The minimum Gasteiger partial charge on any atom is -0.220 e. The molecule has 0 fully saturated rings. The fourth-order valence-corrected chi connectivity index (χ4v) is 3.02. The van der Waals surface area contributed by atoms with Crippen LogP contribution in [0.1, 0.15) is 13.1 Å². The fraction of sp³-hybridized carbons (Fsp3) is 0.143. The largest absolute Gasteiger partial charge is 0.220 e. The third-order valence-corrected chi connectivity index (χ3v) is 4.17. The van der Waals surface area contributed by atoms with Crippen LogP contribution in [0.4, 0.5) is 0 Å². The van der Waals surface area contributed by atoms with E-state index < -0.39 is 0 Å². The Labute approximate surface area is 128 Å². The predicted octanol–water partition coefficient (Wildman–Crippen LogP) is 3.01. The summed E-state index contributed by atoms with van der Waals surface area (Å²) in [6.07, 6.45) is -0.124. The highest BCUT2D eigenvalue weighted by Gasteiger charge is 2.17. The zero-order chi connectivity index (χ0) is 14.4. The third-order valence-electron chi connectivity index (χ3n) is 3.53. The summed E-state index contributed by atoms with van der Waals surface area (Å²) in [4.78, 5) is 0. The van der Waals surface area contributed by atoms with Gasteiger partial charge in [-0.05, 0) is 47.1 Å².